The van der Waals surface area contributed by atoms with Crippen molar-refractivity contribution in [2.45, 2.75) is 37.6 Å². The molecule has 3 atom stereocenters. The molecule has 3 rings (SSSR count). The number of hydrogen-bond donors (Lipinski definition) is 2. The number of aromatic nitrogens is 2. The number of benzene rings is 1. The first-order valence-electron chi connectivity index (χ1n) is 9.05. The maximum Gasteiger partial charge on any atom is 0.246 e. The first kappa shape index (κ1) is 19.4. The molecule has 7 heteroatoms. The highest BCUT2D eigenvalue weighted by Gasteiger charge is 2.46. The smallest absolute Gasteiger partial charge is 0.246 e. The van der Waals surface area contributed by atoms with Gasteiger partial charge in [0.05, 0.1) is 17.7 Å². The molecular weight excluding hydrogens is 344 g/mol. The third kappa shape index (κ3) is 4.68. The Morgan fingerprint density at radius 2 is 2.04 bits per heavy atom. The standard InChI is InChI=1S/C20H26N4O3/c1-20(26)8-9-24(12-15-10-21-14-22-11-15)18(16-6-4-3-5-7-16)19(20)23-17(25)13-27-2/h3-7,10-11,14,18-19,26H,8-9,12-13H2,1-2H3,(H,23,25). The molecule has 1 saturated heterocycles. The molecule has 1 aliphatic heterocycles. The van der Waals surface area contributed by atoms with E-state index in [1.54, 1.807) is 19.3 Å². The van der Waals surface area contributed by atoms with Gasteiger partial charge in [-0.15, -0.1) is 0 Å². The second kappa shape index (κ2) is 8.56. The number of methoxy groups -OCH3 is 1. The van der Waals surface area contributed by atoms with E-state index in [1.807, 2.05) is 30.3 Å². The zero-order valence-corrected chi connectivity index (χ0v) is 15.7. The van der Waals surface area contributed by atoms with Gasteiger partial charge in [-0.25, -0.2) is 9.97 Å². The van der Waals surface area contributed by atoms with Gasteiger partial charge in [0.2, 0.25) is 5.91 Å². The van der Waals surface area contributed by atoms with E-state index in [4.69, 9.17) is 4.74 Å². The number of hydrogen-bond acceptors (Lipinski definition) is 6. The van der Waals surface area contributed by atoms with E-state index in [9.17, 15) is 9.90 Å². The van der Waals surface area contributed by atoms with Gasteiger partial charge >= 0.3 is 0 Å². The third-order valence-corrected chi connectivity index (χ3v) is 5.02. The quantitative estimate of drug-likeness (QED) is 0.797. The van der Waals surface area contributed by atoms with Crippen LogP contribution in [-0.2, 0) is 16.1 Å². The summed E-state index contributed by atoms with van der Waals surface area (Å²) in [6.45, 7) is 3.06. The molecule has 1 aromatic carbocycles. The molecule has 0 saturated carbocycles. The van der Waals surface area contributed by atoms with Crippen molar-refractivity contribution in [2.75, 3.05) is 20.3 Å². The second-order valence-corrected chi connectivity index (χ2v) is 7.16. The van der Waals surface area contributed by atoms with E-state index in [0.29, 0.717) is 19.5 Å². The number of likely N-dealkylation sites (tertiary alicyclic amines) is 1. The largest absolute Gasteiger partial charge is 0.388 e. The number of carbonyl (C=O) groups is 1. The van der Waals surface area contributed by atoms with Gasteiger partial charge in [0.1, 0.15) is 12.9 Å². The van der Waals surface area contributed by atoms with Crippen LogP contribution in [0, 0.1) is 0 Å². The number of aliphatic hydroxyl groups is 1. The summed E-state index contributed by atoms with van der Waals surface area (Å²) in [7, 11) is 1.48. The molecule has 2 aromatic rings. The highest BCUT2D eigenvalue weighted by Crippen LogP contribution is 2.37. The van der Waals surface area contributed by atoms with E-state index in [1.165, 1.54) is 13.4 Å². The van der Waals surface area contributed by atoms with Crippen molar-refractivity contribution in [1.29, 1.82) is 0 Å². The molecule has 7 nitrogen and oxygen atoms in total. The summed E-state index contributed by atoms with van der Waals surface area (Å²) in [5.74, 6) is -0.242. The average molecular weight is 370 g/mol. The molecule has 0 bridgehead atoms. The molecular formula is C20H26N4O3. The van der Waals surface area contributed by atoms with Gasteiger partial charge in [-0.2, -0.15) is 0 Å². The molecule has 1 fully saturated rings. The molecule has 27 heavy (non-hydrogen) atoms. The van der Waals surface area contributed by atoms with Crippen LogP contribution < -0.4 is 5.32 Å². The van der Waals surface area contributed by atoms with Crippen molar-refractivity contribution in [1.82, 2.24) is 20.2 Å². The summed E-state index contributed by atoms with van der Waals surface area (Å²) in [4.78, 5) is 22.7. The van der Waals surface area contributed by atoms with Crippen LogP contribution in [0.3, 0.4) is 0 Å². The Balaban J connectivity index is 1.94. The minimum Gasteiger partial charge on any atom is -0.388 e. The van der Waals surface area contributed by atoms with Gasteiger partial charge in [-0.1, -0.05) is 30.3 Å². The van der Waals surface area contributed by atoms with E-state index in [0.717, 1.165) is 11.1 Å². The van der Waals surface area contributed by atoms with Gasteiger partial charge in [-0.3, -0.25) is 9.69 Å². The Morgan fingerprint density at radius 1 is 1.33 bits per heavy atom. The zero-order valence-electron chi connectivity index (χ0n) is 15.7. The summed E-state index contributed by atoms with van der Waals surface area (Å²) in [5, 5.41) is 14.0. The van der Waals surface area contributed by atoms with Crippen LogP contribution in [0.15, 0.2) is 49.1 Å². The fourth-order valence-electron chi connectivity index (χ4n) is 3.67. The summed E-state index contributed by atoms with van der Waals surface area (Å²) in [5.41, 5.74) is 0.993. The van der Waals surface area contributed by atoms with Crippen LogP contribution in [0.1, 0.15) is 30.5 Å². The fourth-order valence-corrected chi connectivity index (χ4v) is 3.67. The molecule has 2 N–H and O–H groups in total. The lowest BCUT2D eigenvalue weighted by molar-refractivity contribution is -0.132. The molecule has 1 aliphatic rings. The molecule has 0 spiro atoms. The molecule has 1 amide bonds. The number of piperidine rings is 1. The summed E-state index contributed by atoms with van der Waals surface area (Å²) < 4.78 is 4.95. The number of ether oxygens (including phenoxy) is 1. The van der Waals surface area contributed by atoms with E-state index >= 15 is 0 Å². The Labute approximate surface area is 159 Å². The van der Waals surface area contributed by atoms with Crippen LogP contribution in [0.5, 0.6) is 0 Å². The van der Waals surface area contributed by atoms with E-state index in [-0.39, 0.29) is 18.6 Å². The van der Waals surface area contributed by atoms with Crippen molar-refractivity contribution < 1.29 is 14.6 Å². The summed E-state index contributed by atoms with van der Waals surface area (Å²) in [6, 6.07) is 9.29. The van der Waals surface area contributed by atoms with Crippen molar-refractivity contribution in [2.24, 2.45) is 0 Å². The minimum absolute atomic E-state index is 0.0411. The molecule has 0 aliphatic carbocycles. The molecule has 2 heterocycles. The maximum absolute atomic E-state index is 12.3. The van der Waals surface area contributed by atoms with Crippen LogP contribution in [-0.4, -0.2) is 57.8 Å². The molecule has 1 aromatic heterocycles. The van der Waals surface area contributed by atoms with Crippen molar-refractivity contribution in [3.8, 4) is 0 Å². The first-order valence-corrected chi connectivity index (χ1v) is 9.05. The Kier molecular flexibility index (Phi) is 6.15. The van der Waals surface area contributed by atoms with Gasteiger partial charge in [-0.05, 0) is 18.9 Å². The SMILES string of the molecule is COCC(=O)NC1C(c2ccccc2)N(Cc2cncnc2)CCC1(C)O. The Hall–Kier alpha value is -2.35. The lowest BCUT2D eigenvalue weighted by atomic mass is 9.79. The summed E-state index contributed by atoms with van der Waals surface area (Å²) in [6.07, 6.45) is 5.63. The van der Waals surface area contributed by atoms with Crippen LogP contribution in [0.4, 0.5) is 0 Å². The van der Waals surface area contributed by atoms with Gasteiger partial charge in [0, 0.05) is 38.2 Å². The minimum atomic E-state index is -1.03. The van der Waals surface area contributed by atoms with Crippen LogP contribution in [0.2, 0.25) is 0 Å². The zero-order chi connectivity index (χ0) is 19.3. The molecule has 144 valence electrons. The number of nitrogens with one attached hydrogen (secondary N) is 1. The van der Waals surface area contributed by atoms with Crippen molar-refractivity contribution in [3.05, 3.63) is 60.2 Å². The number of amides is 1. The maximum atomic E-state index is 12.3. The average Bonchev–Trinajstić information content (AvgIpc) is 2.66. The Bertz CT molecular complexity index is 739. The highest BCUT2D eigenvalue weighted by molar-refractivity contribution is 5.77. The van der Waals surface area contributed by atoms with Gasteiger partial charge in [0.25, 0.3) is 0 Å². The lowest BCUT2D eigenvalue weighted by Crippen LogP contribution is -2.62. The Morgan fingerprint density at radius 3 is 2.70 bits per heavy atom. The molecule has 3 unspecified atom stereocenters. The lowest BCUT2D eigenvalue weighted by Gasteiger charge is -2.49. The third-order valence-electron chi connectivity index (χ3n) is 5.02. The van der Waals surface area contributed by atoms with Crippen molar-refractivity contribution >= 4 is 5.91 Å². The number of carbonyl (C=O) groups excluding carboxylic acids is 1. The number of nitrogens with zero attached hydrogens (tertiary/aromatic N) is 3. The second-order valence-electron chi connectivity index (χ2n) is 7.16. The van der Waals surface area contributed by atoms with Crippen LogP contribution in [0.25, 0.3) is 0 Å². The van der Waals surface area contributed by atoms with Gasteiger partial charge < -0.3 is 15.2 Å². The first-order chi connectivity index (χ1) is 13.0. The van der Waals surface area contributed by atoms with E-state index in [2.05, 4.69) is 20.2 Å². The monoisotopic (exact) mass is 370 g/mol. The van der Waals surface area contributed by atoms with Crippen molar-refractivity contribution in [3.63, 3.8) is 0 Å². The predicted octanol–water partition coefficient (Wildman–Crippen LogP) is 1.31. The summed E-state index contributed by atoms with van der Waals surface area (Å²) >= 11 is 0. The highest BCUT2D eigenvalue weighted by atomic mass is 16.5. The fraction of sp³-hybridized carbons (Fsp3) is 0.450. The normalized spacial score (nSPS) is 25.9. The van der Waals surface area contributed by atoms with Gasteiger partial charge in [0.15, 0.2) is 0 Å². The van der Waals surface area contributed by atoms with E-state index < -0.39 is 11.6 Å². The molecule has 0 radical (unpaired) electrons. The predicted molar refractivity (Wildman–Crippen MR) is 101 cm³/mol. The topological polar surface area (TPSA) is 87.6 Å². The number of rotatable bonds is 6. The van der Waals surface area contributed by atoms with Crippen LogP contribution >= 0.6 is 0 Å².